The average Bonchev–Trinajstić information content (AvgIpc) is 2.43. The average molecular weight is 273 g/mol. The number of amides is 1. The molecule has 1 unspecified atom stereocenters. The smallest absolute Gasteiger partial charge is 0.326 e. The fourth-order valence-electron chi connectivity index (χ4n) is 1.92. The molecule has 1 atom stereocenters. The van der Waals surface area contributed by atoms with Gasteiger partial charge in [0.2, 0.25) is 0 Å². The number of benzene rings is 1. The van der Waals surface area contributed by atoms with Crippen LogP contribution in [0, 0.1) is 0 Å². The molecule has 0 radical (unpaired) electrons. The standard InChI is InChI=1S/C14H15N3O3/c1-2-10(14(19)20)16-13-9(12(15)18)7-8-5-3-4-6-11(8)17-13/h3-7,10H,2H2,1H3,(H2,15,18)(H,16,17)(H,19,20). The SMILES string of the molecule is CCC(Nc1nc2ccccc2cc1C(N)=O)C(=O)O. The zero-order valence-electron chi connectivity index (χ0n) is 11.0. The Hall–Kier alpha value is -2.63. The summed E-state index contributed by atoms with van der Waals surface area (Å²) in [4.78, 5) is 26.9. The van der Waals surface area contributed by atoms with Gasteiger partial charge in [0.25, 0.3) is 5.91 Å². The van der Waals surface area contributed by atoms with Crippen LogP contribution in [0.25, 0.3) is 10.9 Å². The van der Waals surface area contributed by atoms with Crippen molar-refractivity contribution in [1.29, 1.82) is 0 Å². The molecule has 0 aliphatic carbocycles. The van der Waals surface area contributed by atoms with E-state index >= 15 is 0 Å². The number of carbonyl (C=O) groups excluding carboxylic acids is 1. The zero-order chi connectivity index (χ0) is 14.7. The van der Waals surface area contributed by atoms with Gasteiger partial charge >= 0.3 is 5.97 Å². The Kier molecular flexibility index (Phi) is 3.84. The minimum atomic E-state index is -1.00. The van der Waals surface area contributed by atoms with Crippen LogP contribution in [0.1, 0.15) is 23.7 Å². The van der Waals surface area contributed by atoms with Gasteiger partial charge in [-0.15, -0.1) is 0 Å². The summed E-state index contributed by atoms with van der Waals surface area (Å²) in [7, 11) is 0. The van der Waals surface area contributed by atoms with Crippen LogP contribution < -0.4 is 11.1 Å². The number of para-hydroxylation sites is 1. The van der Waals surface area contributed by atoms with Gasteiger partial charge in [-0.05, 0) is 18.6 Å². The molecule has 4 N–H and O–H groups in total. The molecule has 6 nitrogen and oxygen atoms in total. The number of pyridine rings is 1. The van der Waals surface area contributed by atoms with E-state index in [1.54, 1.807) is 19.1 Å². The molecule has 0 fully saturated rings. The number of anilines is 1. The Morgan fingerprint density at radius 3 is 2.70 bits per heavy atom. The van der Waals surface area contributed by atoms with E-state index in [9.17, 15) is 9.59 Å². The van der Waals surface area contributed by atoms with Gasteiger partial charge in [0.05, 0.1) is 11.1 Å². The van der Waals surface area contributed by atoms with Gasteiger partial charge in [-0.25, -0.2) is 9.78 Å². The fraction of sp³-hybridized carbons (Fsp3) is 0.214. The van der Waals surface area contributed by atoms with Crippen LogP contribution in [0.2, 0.25) is 0 Å². The largest absolute Gasteiger partial charge is 0.480 e. The Bertz CT molecular complexity index is 670. The van der Waals surface area contributed by atoms with E-state index in [4.69, 9.17) is 10.8 Å². The molecule has 0 aliphatic rings. The van der Waals surface area contributed by atoms with Crippen molar-refractivity contribution in [2.75, 3.05) is 5.32 Å². The van der Waals surface area contributed by atoms with Crippen molar-refractivity contribution in [3.05, 3.63) is 35.9 Å². The quantitative estimate of drug-likeness (QED) is 0.767. The Balaban J connectivity index is 2.52. The highest BCUT2D eigenvalue weighted by molar-refractivity contribution is 6.01. The predicted molar refractivity (Wildman–Crippen MR) is 75.6 cm³/mol. The summed E-state index contributed by atoms with van der Waals surface area (Å²) in [5, 5.41) is 12.6. The zero-order valence-corrected chi connectivity index (χ0v) is 11.0. The Morgan fingerprint density at radius 2 is 2.10 bits per heavy atom. The number of aromatic nitrogens is 1. The van der Waals surface area contributed by atoms with Gasteiger partial charge in [0, 0.05) is 5.39 Å². The lowest BCUT2D eigenvalue weighted by Gasteiger charge is -2.15. The van der Waals surface area contributed by atoms with Crippen LogP contribution in [0.15, 0.2) is 30.3 Å². The topological polar surface area (TPSA) is 105 Å². The second-order valence-electron chi connectivity index (χ2n) is 4.38. The third-order valence-corrected chi connectivity index (χ3v) is 3.01. The van der Waals surface area contributed by atoms with Gasteiger partial charge in [0.1, 0.15) is 11.9 Å². The lowest BCUT2D eigenvalue weighted by molar-refractivity contribution is -0.137. The van der Waals surface area contributed by atoms with E-state index in [0.29, 0.717) is 11.9 Å². The van der Waals surface area contributed by atoms with Crippen molar-refractivity contribution >= 4 is 28.6 Å². The van der Waals surface area contributed by atoms with E-state index in [0.717, 1.165) is 5.39 Å². The number of fused-ring (bicyclic) bond motifs is 1. The van der Waals surface area contributed by atoms with Crippen LogP contribution in [-0.2, 0) is 4.79 Å². The van der Waals surface area contributed by atoms with Crippen LogP contribution in [0.4, 0.5) is 5.82 Å². The van der Waals surface area contributed by atoms with E-state index in [1.807, 2.05) is 18.2 Å². The molecule has 0 bridgehead atoms. The van der Waals surface area contributed by atoms with Gasteiger partial charge in [-0.1, -0.05) is 25.1 Å². The molecular formula is C14H15N3O3. The summed E-state index contributed by atoms with van der Waals surface area (Å²) in [5.41, 5.74) is 6.18. The summed E-state index contributed by atoms with van der Waals surface area (Å²) < 4.78 is 0. The first-order valence-corrected chi connectivity index (χ1v) is 6.22. The van der Waals surface area contributed by atoms with E-state index in [2.05, 4.69) is 10.3 Å². The van der Waals surface area contributed by atoms with Crippen LogP contribution in [-0.4, -0.2) is 28.0 Å². The molecule has 0 aliphatic heterocycles. The van der Waals surface area contributed by atoms with Crippen LogP contribution >= 0.6 is 0 Å². The minimum Gasteiger partial charge on any atom is -0.480 e. The predicted octanol–water partition coefficient (Wildman–Crippen LogP) is 1.61. The third-order valence-electron chi connectivity index (χ3n) is 3.01. The van der Waals surface area contributed by atoms with Crippen molar-refractivity contribution in [2.24, 2.45) is 5.73 Å². The molecule has 1 heterocycles. The van der Waals surface area contributed by atoms with Crippen molar-refractivity contribution in [3.8, 4) is 0 Å². The second-order valence-corrected chi connectivity index (χ2v) is 4.38. The van der Waals surface area contributed by atoms with Crippen molar-refractivity contribution < 1.29 is 14.7 Å². The monoisotopic (exact) mass is 273 g/mol. The lowest BCUT2D eigenvalue weighted by atomic mass is 10.1. The highest BCUT2D eigenvalue weighted by Crippen LogP contribution is 2.21. The number of nitrogens with zero attached hydrogens (tertiary/aromatic N) is 1. The van der Waals surface area contributed by atoms with E-state index in [-0.39, 0.29) is 11.4 Å². The summed E-state index contributed by atoms with van der Waals surface area (Å²) in [6.45, 7) is 1.73. The Morgan fingerprint density at radius 1 is 1.40 bits per heavy atom. The number of aliphatic carboxylic acids is 1. The number of hydrogen-bond donors (Lipinski definition) is 3. The van der Waals surface area contributed by atoms with E-state index < -0.39 is 17.9 Å². The molecule has 1 aromatic carbocycles. The van der Waals surface area contributed by atoms with Gasteiger partial charge in [-0.2, -0.15) is 0 Å². The highest BCUT2D eigenvalue weighted by Gasteiger charge is 2.19. The molecule has 1 amide bonds. The number of carboxylic acid groups (broad SMARTS) is 1. The molecule has 0 saturated carbocycles. The number of nitrogens with one attached hydrogen (secondary N) is 1. The van der Waals surface area contributed by atoms with E-state index in [1.165, 1.54) is 0 Å². The first-order valence-electron chi connectivity index (χ1n) is 6.22. The minimum absolute atomic E-state index is 0.184. The van der Waals surface area contributed by atoms with Crippen molar-refractivity contribution in [1.82, 2.24) is 4.98 Å². The first-order chi connectivity index (χ1) is 9.52. The number of rotatable bonds is 5. The second kappa shape index (κ2) is 5.56. The fourth-order valence-corrected chi connectivity index (χ4v) is 1.92. The molecule has 1 aromatic heterocycles. The number of nitrogens with two attached hydrogens (primary N) is 1. The van der Waals surface area contributed by atoms with Crippen LogP contribution in [0.5, 0.6) is 0 Å². The third kappa shape index (κ3) is 2.69. The number of primary amides is 1. The molecule has 6 heteroatoms. The van der Waals surface area contributed by atoms with Gasteiger partial charge < -0.3 is 16.2 Å². The first kappa shape index (κ1) is 13.8. The van der Waals surface area contributed by atoms with Gasteiger partial charge in [-0.3, -0.25) is 4.79 Å². The maximum absolute atomic E-state index is 11.5. The number of carbonyl (C=O) groups is 2. The molecule has 0 saturated heterocycles. The van der Waals surface area contributed by atoms with Crippen LogP contribution in [0.3, 0.4) is 0 Å². The maximum Gasteiger partial charge on any atom is 0.326 e. The maximum atomic E-state index is 11.5. The van der Waals surface area contributed by atoms with Gasteiger partial charge in [0.15, 0.2) is 0 Å². The summed E-state index contributed by atoms with van der Waals surface area (Å²) in [6.07, 6.45) is 0.363. The van der Waals surface area contributed by atoms with Crippen molar-refractivity contribution in [3.63, 3.8) is 0 Å². The summed E-state index contributed by atoms with van der Waals surface area (Å²) in [6, 6.07) is 8.04. The molecule has 2 rings (SSSR count). The van der Waals surface area contributed by atoms with Crippen molar-refractivity contribution in [2.45, 2.75) is 19.4 Å². The summed E-state index contributed by atoms with van der Waals surface area (Å²) >= 11 is 0. The highest BCUT2D eigenvalue weighted by atomic mass is 16.4. The molecule has 2 aromatic rings. The lowest BCUT2D eigenvalue weighted by Crippen LogP contribution is -2.30. The normalized spacial score (nSPS) is 12.1. The number of hydrogen-bond acceptors (Lipinski definition) is 4. The summed E-state index contributed by atoms with van der Waals surface area (Å²) in [5.74, 6) is -1.45. The number of carboxylic acids is 1. The molecule has 0 spiro atoms. The molecule has 20 heavy (non-hydrogen) atoms. The Labute approximate surface area is 115 Å². The molecule has 104 valence electrons. The molecular weight excluding hydrogens is 258 g/mol.